The van der Waals surface area contributed by atoms with Gasteiger partial charge in [-0.25, -0.2) is 9.59 Å². The van der Waals surface area contributed by atoms with Crippen molar-refractivity contribution in [3.05, 3.63) is 0 Å². The third-order valence-electron chi connectivity index (χ3n) is 1.98. The number of aliphatic carboxylic acids is 1. The Balaban J connectivity index is 2.78. The Morgan fingerprint density at radius 3 is 2.50 bits per heavy atom. The van der Waals surface area contributed by atoms with Crippen LogP contribution in [0.15, 0.2) is 0 Å². The van der Waals surface area contributed by atoms with E-state index in [9.17, 15) is 14.4 Å². The number of rotatable bonds is 2. The van der Waals surface area contributed by atoms with Crippen LogP contribution in [0.1, 0.15) is 20.3 Å². The summed E-state index contributed by atoms with van der Waals surface area (Å²) in [7, 11) is 0. The van der Waals surface area contributed by atoms with E-state index in [1.807, 2.05) is 0 Å². The standard InChI is InChI=1S/C8H12N2O4/c1-4(2)10-6(11)3-5(7(12)13)9-8(10)14/h4-5H,3H2,1-2H3,(H,9,14)(H,12,13). The molecule has 14 heavy (non-hydrogen) atoms. The average molecular weight is 200 g/mol. The van der Waals surface area contributed by atoms with Gasteiger partial charge in [-0.15, -0.1) is 0 Å². The van der Waals surface area contributed by atoms with Gasteiger partial charge < -0.3 is 10.4 Å². The van der Waals surface area contributed by atoms with Crippen molar-refractivity contribution in [2.75, 3.05) is 0 Å². The molecule has 1 aliphatic heterocycles. The molecule has 0 aromatic carbocycles. The van der Waals surface area contributed by atoms with Gasteiger partial charge in [0.2, 0.25) is 5.91 Å². The number of imide groups is 1. The van der Waals surface area contributed by atoms with E-state index in [1.54, 1.807) is 13.8 Å². The minimum Gasteiger partial charge on any atom is -0.480 e. The molecule has 1 fully saturated rings. The molecule has 1 atom stereocenters. The second kappa shape index (κ2) is 3.65. The Labute approximate surface area is 80.9 Å². The van der Waals surface area contributed by atoms with Gasteiger partial charge in [-0.1, -0.05) is 0 Å². The molecule has 0 bridgehead atoms. The van der Waals surface area contributed by atoms with Crippen LogP contribution in [0.5, 0.6) is 0 Å². The molecule has 1 heterocycles. The average Bonchev–Trinajstić information content (AvgIpc) is 2.01. The third-order valence-corrected chi connectivity index (χ3v) is 1.98. The number of hydrogen-bond acceptors (Lipinski definition) is 3. The number of urea groups is 1. The second-order valence-corrected chi connectivity index (χ2v) is 3.40. The fourth-order valence-corrected chi connectivity index (χ4v) is 1.33. The first-order valence-electron chi connectivity index (χ1n) is 4.29. The highest BCUT2D eigenvalue weighted by Crippen LogP contribution is 2.10. The van der Waals surface area contributed by atoms with Gasteiger partial charge in [-0.3, -0.25) is 9.69 Å². The third kappa shape index (κ3) is 1.84. The summed E-state index contributed by atoms with van der Waals surface area (Å²) in [5.74, 6) is -1.63. The molecule has 2 N–H and O–H groups in total. The molecule has 1 rings (SSSR count). The molecular formula is C8H12N2O4. The number of nitrogens with one attached hydrogen (secondary N) is 1. The summed E-state index contributed by atoms with van der Waals surface area (Å²) in [5.41, 5.74) is 0. The highest BCUT2D eigenvalue weighted by Gasteiger charge is 2.36. The van der Waals surface area contributed by atoms with E-state index in [0.29, 0.717) is 0 Å². The first-order valence-corrected chi connectivity index (χ1v) is 4.29. The molecule has 3 amide bonds. The minimum absolute atomic E-state index is 0.181. The zero-order chi connectivity index (χ0) is 10.9. The smallest absolute Gasteiger partial charge is 0.326 e. The predicted molar refractivity (Wildman–Crippen MR) is 46.6 cm³/mol. The van der Waals surface area contributed by atoms with E-state index < -0.39 is 23.9 Å². The van der Waals surface area contributed by atoms with Gasteiger partial charge in [0.1, 0.15) is 6.04 Å². The molecule has 0 radical (unpaired) electrons. The van der Waals surface area contributed by atoms with Crippen molar-refractivity contribution in [1.82, 2.24) is 10.2 Å². The molecule has 0 aromatic rings. The van der Waals surface area contributed by atoms with Gasteiger partial charge in [-0.05, 0) is 13.8 Å². The molecule has 1 unspecified atom stereocenters. The maximum atomic E-state index is 11.4. The van der Waals surface area contributed by atoms with Crippen LogP contribution >= 0.6 is 0 Å². The summed E-state index contributed by atoms with van der Waals surface area (Å²) < 4.78 is 0. The van der Waals surface area contributed by atoms with E-state index in [4.69, 9.17) is 5.11 Å². The number of nitrogens with zero attached hydrogens (tertiary/aromatic N) is 1. The fraction of sp³-hybridized carbons (Fsp3) is 0.625. The molecule has 0 aliphatic carbocycles. The lowest BCUT2D eigenvalue weighted by Crippen LogP contribution is -2.59. The van der Waals surface area contributed by atoms with Crippen molar-refractivity contribution in [2.45, 2.75) is 32.4 Å². The van der Waals surface area contributed by atoms with Gasteiger partial charge in [0, 0.05) is 6.04 Å². The monoisotopic (exact) mass is 200 g/mol. The van der Waals surface area contributed by atoms with Crippen LogP contribution in [0.3, 0.4) is 0 Å². The minimum atomic E-state index is -1.19. The number of amides is 3. The molecule has 6 heteroatoms. The molecule has 1 aliphatic rings. The summed E-state index contributed by atoms with van der Waals surface area (Å²) in [6, 6.07) is -1.98. The SMILES string of the molecule is CC(C)N1C(=O)CC(C(=O)O)NC1=O. The molecule has 6 nitrogen and oxygen atoms in total. The number of carboxylic acid groups (broad SMARTS) is 1. The van der Waals surface area contributed by atoms with Crippen LogP contribution < -0.4 is 5.32 Å². The summed E-state index contributed by atoms with van der Waals surface area (Å²) in [6.45, 7) is 3.39. The largest absolute Gasteiger partial charge is 0.480 e. The number of hydrogen-bond donors (Lipinski definition) is 2. The fourth-order valence-electron chi connectivity index (χ4n) is 1.33. The number of carboxylic acids is 1. The lowest BCUT2D eigenvalue weighted by molar-refractivity contribution is -0.144. The summed E-state index contributed by atoms with van der Waals surface area (Å²) in [4.78, 5) is 34.2. The van der Waals surface area contributed by atoms with Crippen LogP contribution in [-0.2, 0) is 9.59 Å². The Morgan fingerprint density at radius 2 is 2.14 bits per heavy atom. The van der Waals surface area contributed by atoms with Crippen LogP contribution in [-0.4, -0.2) is 40.0 Å². The quantitative estimate of drug-likeness (QED) is 0.645. The van der Waals surface area contributed by atoms with Crippen molar-refractivity contribution in [1.29, 1.82) is 0 Å². The Kier molecular flexibility index (Phi) is 2.73. The van der Waals surface area contributed by atoms with E-state index in [0.717, 1.165) is 4.90 Å². The van der Waals surface area contributed by atoms with Crippen molar-refractivity contribution >= 4 is 17.9 Å². The first-order chi connectivity index (χ1) is 6.43. The van der Waals surface area contributed by atoms with Crippen LogP contribution in [0.2, 0.25) is 0 Å². The number of carbonyl (C=O) groups excluding carboxylic acids is 2. The maximum Gasteiger partial charge on any atom is 0.326 e. The van der Waals surface area contributed by atoms with E-state index in [2.05, 4.69) is 5.32 Å². The van der Waals surface area contributed by atoms with E-state index >= 15 is 0 Å². The zero-order valence-corrected chi connectivity index (χ0v) is 7.98. The second-order valence-electron chi connectivity index (χ2n) is 3.40. The highest BCUT2D eigenvalue weighted by atomic mass is 16.4. The van der Waals surface area contributed by atoms with Crippen molar-refractivity contribution < 1.29 is 19.5 Å². The molecule has 1 saturated heterocycles. The summed E-state index contributed by atoms with van der Waals surface area (Å²) in [6.07, 6.45) is -0.181. The lowest BCUT2D eigenvalue weighted by Gasteiger charge is -2.31. The topological polar surface area (TPSA) is 86.7 Å². The number of carbonyl (C=O) groups is 3. The molecule has 0 spiro atoms. The van der Waals surface area contributed by atoms with Crippen molar-refractivity contribution in [3.63, 3.8) is 0 Å². The Morgan fingerprint density at radius 1 is 1.57 bits per heavy atom. The highest BCUT2D eigenvalue weighted by molar-refractivity contribution is 6.01. The zero-order valence-electron chi connectivity index (χ0n) is 7.98. The lowest BCUT2D eigenvalue weighted by atomic mass is 10.1. The first kappa shape index (κ1) is 10.5. The van der Waals surface area contributed by atoms with Crippen LogP contribution in [0, 0.1) is 0 Å². The van der Waals surface area contributed by atoms with E-state index in [1.165, 1.54) is 0 Å². The Hall–Kier alpha value is -1.59. The van der Waals surface area contributed by atoms with Crippen molar-refractivity contribution in [2.24, 2.45) is 0 Å². The predicted octanol–water partition coefficient (Wildman–Crippen LogP) is -0.210. The normalized spacial score (nSPS) is 22.5. The van der Waals surface area contributed by atoms with Gasteiger partial charge in [0.15, 0.2) is 0 Å². The van der Waals surface area contributed by atoms with Crippen LogP contribution in [0.4, 0.5) is 4.79 Å². The summed E-state index contributed by atoms with van der Waals surface area (Å²) in [5, 5.41) is 10.9. The van der Waals surface area contributed by atoms with Gasteiger partial charge in [0.05, 0.1) is 6.42 Å². The molecule has 0 saturated carbocycles. The molecule has 78 valence electrons. The van der Waals surface area contributed by atoms with Gasteiger partial charge >= 0.3 is 12.0 Å². The Bertz CT molecular complexity index is 269. The summed E-state index contributed by atoms with van der Waals surface area (Å²) >= 11 is 0. The van der Waals surface area contributed by atoms with E-state index in [-0.39, 0.29) is 12.5 Å². The molecule has 0 aromatic heterocycles. The molecular weight excluding hydrogens is 188 g/mol. The van der Waals surface area contributed by atoms with Crippen LogP contribution in [0.25, 0.3) is 0 Å². The van der Waals surface area contributed by atoms with Crippen molar-refractivity contribution in [3.8, 4) is 0 Å². The van der Waals surface area contributed by atoms with Gasteiger partial charge in [0.25, 0.3) is 0 Å². The maximum absolute atomic E-state index is 11.4. The van der Waals surface area contributed by atoms with Gasteiger partial charge in [-0.2, -0.15) is 0 Å².